The molecule has 0 aliphatic carbocycles. The Labute approximate surface area is 105 Å². The molecule has 7 nitrogen and oxygen atoms in total. The molecule has 3 rings (SSSR count). The van der Waals surface area contributed by atoms with Gasteiger partial charge in [0.15, 0.2) is 10.8 Å². The van der Waals surface area contributed by atoms with Crippen LogP contribution in [-0.2, 0) is 7.05 Å². The summed E-state index contributed by atoms with van der Waals surface area (Å²) in [6, 6.07) is 0. The lowest BCUT2D eigenvalue weighted by Gasteiger charge is -2.01. The second-order valence-electron chi connectivity index (χ2n) is 3.17. The van der Waals surface area contributed by atoms with Crippen LogP contribution in [0.25, 0.3) is 11.2 Å². The molecule has 0 atom stereocenters. The van der Waals surface area contributed by atoms with E-state index in [1.54, 1.807) is 11.0 Å². The Bertz CT molecular complexity index is 675. The molecule has 3 aromatic rings. The molecule has 0 amide bonds. The fourth-order valence-corrected chi connectivity index (χ4v) is 2.37. The molecule has 0 saturated carbocycles. The predicted molar refractivity (Wildman–Crippen MR) is 61.8 cm³/mol. The normalized spacial score (nSPS) is 11.2. The van der Waals surface area contributed by atoms with Crippen molar-refractivity contribution < 1.29 is 0 Å². The summed E-state index contributed by atoms with van der Waals surface area (Å²) in [5, 5.41) is 5.54. The van der Waals surface area contributed by atoms with Crippen LogP contribution in [0.4, 0.5) is 0 Å². The van der Waals surface area contributed by atoms with Crippen LogP contribution < -0.4 is 0 Å². The Balaban J connectivity index is 2.11. The van der Waals surface area contributed by atoms with Crippen molar-refractivity contribution >= 4 is 34.5 Å². The Kier molecular flexibility index (Phi) is 2.45. The number of halogens is 1. The topological polar surface area (TPSA) is 85.2 Å². The Morgan fingerprint density at radius 1 is 1.35 bits per heavy atom. The zero-order chi connectivity index (χ0) is 11.8. The number of nitrogens with one attached hydrogen (secondary N) is 1. The van der Waals surface area contributed by atoms with E-state index >= 15 is 0 Å². The Morgan fingerprint density at radius 2 is 2.24 bits per heavy atom. The molecular formula is C8H6ClN7S. The van der Waals surface area contributed by atoms with E-state index in [0.717, 1.165) is 10.7 Å². The highest BCUT2D eigenvalue weighted by atomic mass is 35.5. The molecule has 0 unspecified atom stereocenters. The highest BCUT2D eigenvalue weighted by Crippen LogP contribution is 2.28. The van der Waals surface area contributed by atoms with Crippen molar-refractivity contribution in [2.45, 2.75) is 10.2 Å². The van der Waals surface area contributed by atoms with E-state index in [2.05, 4.69) is 30.0 Å². The molecule has 3 heterocycles. The van der Waals surface area contributed by atoms with Crippen molar-refractivity contribution in [2.24, 2.45) is 7.05 Å². The standard InChI is InChI=1S/C8H6ClN7S/c1-16-8(12-3-13-16)17-6-4-5(11-2-10-4)14-7(9)15-6/h2-3H,1H3,(H,10,11,14,15). The Hall–Kier alpha value is -1.67. The zero-order valence-electron chi connectivity index (χ0n) is 8.62. The molecule has 0 bridgehead atoms. The van der Waals surface area contributed by atoms with E-state index in [4.69, 9.17) is 11.6 Å². The minimum absolute atomic E-state index is 0.161. The van der Waals surface area contributed by atoms with Crippen molar-refractivity contribution in [3.05, 3.63) is 17.9 Å². The molecular weight excluding hydrogens is 262 g/mol. The molecule has 0 aliphatic rings. The number of aromatic amines is 1. The summed E-state index contributed by atoms with van der Waals surface area (Å²) in [6.45, 7) is 0. The number of fused-ring (bicyclic) bond motifs is 1. The van der Waals surface area contributed by atoms with Gasteiger partial charge in [-0.25, -0.2) is 19.6 Å². The average molecular weight is 268 g/mol. The minimum atomic E-state index is 0.161. The molecule has 0 radical (unpaired) electrons. The number of imidazole rings is 1. The largest absolute Gasteiger partial charge is 0.341 e. The third kappa shape index (κ3) is 1.85. The minimum Gasteiger partial charge on any atom is -0.341 e. The zero-order valence-corrected chi connectivity index (χ0v) is 10.2. The SMILES string of the molecule is Cn1ncnc1Sc1nc(Cl)nc2nc[nH]c12. The highest BCUT2D eigenvalue weighted by Gasteiger charge is 2.12. The summed E-state index contributed by atoms with van der Waals surface area (Å²) in [7, 11) is 1.81. The van der Waals surface area contributed by atoms with Crippen LogP contribution in [0.5, 0.6) is 0 Å². The van der Waals surface area contributed by atoms with Crippen LogP contribution in [0.1, 0.15) is 0 Å². The first-order valence-corrected chi connectivity index (χ1v) is 5.82. The van der Waals surface area contributed by atoms with E-state index in [9.17, 15) is 0 Å². The van der Waals surface area contributed by atoms with Gasteiger partial charge >= 0.3 is 0 Å². The highest BCUT2D eigenvalue weighted by molar-refractivity contribution is 7.99. The maximum Gasteiger partial charge on any atom is 0.225 e. The van der Waals surface area contributed by atoms with Crippen LogP contribution in [0.2, 0.25) is 5.28 Å². The molecule has 3 aromatic heterocycles. The van der Waals surface area contributed by atoms with Gasteiger partial charge in [0, 0.05) is 7.05 Å². The number of rotatable bonds is 2. The summed E-state index contributed by atoms with van der Waals surface area (Å²) in [5.41, 5.74) is 1.28. The number of nitrogens with zero attached hydrogens (tertiary/aromatic N) is 6. The van der Waals surface area contributed by atoms with Crippen molar-refractivity contribution in [1.82, 2.24) is 34.7 Å². The molecule has 0 saturated heterocycles. The first-order chi connectivity index (χ1) is 8.24. The van der Waals surface area contributed by atoms with E-state index in [1.807, 2.05) is 7.05 Å². The van der Waals surface area contributed by atoms with Crippen molar-refractivity contribution in [2.75, 3.05) is 0 Å². The van der Waals surface area contributed by atoms with Crippen molar-refractivity contribution in [3.8, 4) is 0 Å². The molecule has 0 aromatic carbocycles. The van der Waals surface area contributed by atoms with Gasteiger partial charge in [0.25, 0.3) is 0 Å². The first-order valence-electron chi connectivity index (χ1n) is 4.62. The monoisotopic (exact) mass is 267 g/mol. The number of hydrogen-bond acceptors (Lipinski definition) is 6. The van der Waals surface area contributed by atoms with E-state index < -0.39 is 0 Å². The lowest BCUT2D eigenvalue weighted by atomic mass is 10.6. The lowest BCUT2D eigenvalue weighted by molar-refractivity contribution is 0.684. The van der Waals surface area contributed by atoms with Crippen LogP contribution >= 0.6 is 23.4 Å². The van der Waals surface area contributed by atoms with Gasteiger partial charge in [0.05, 0.1) is 6.33 Å². The maximum atomic E-state index is 5.83. The Morgan fingerprint density at radius 3 is 3.00 bits per heavy atom. The van der Waals surface area contributed by atoms with Gasteiger partial charge in [-0.3, -0.25) is 0 Å². The summed E-state index contributed by atoms with van der Waals surface area (Å²) in [4.78, 5) is 19.3. The smallest absolute Gasteiger partial charge is 0.225 e. The molecule has 9 heteroatoms. The molecule has 1 N–H and O–H groups in total. The molecule has 17 heavy (non-hydrogen) atoms. The second kappa shape index (κ2) is 3.97. The van der Waals surface area contributed by atoms with E-state index in [0.29, 0.717) is 10.7 Å². The maximum absolute atomic E-state index is 5.83. The fourth-order valence-electron chi connectivity index (χ4n) is 1.32. The van der Waals surface area contributed by atoms with Gasteiger partial charge in [-0.2, -0.15) is 10.1 Å². The van der Waals surface area contributed by atoms with Gasteiger partial charge in [-0.1, -0.05) is 0 Å². The van der Waals surface area contributed by atoms with Crippen molar-refractivity contribution in [1.29, 1.82) is 0 Å². The quantitative estimate of drug-likeness (QED) is 0.556. The van der Waals surface area contributed by atoms with Crippen LogP contribution in [-0.4, -0.2) is 34.7 Å². The second-order valence-corrected chi connectivity index (χ2v) is 4.46. The van der Waals surface area contributed by atoms with Crippen LogP contribution in [0.15, 0.2) is 22.8 Å². The van der Waals surface area contributed by atoms with Crippen LogP contribution in [0.3, 0.4) is 0 Å². The van der Waals surface area contributed by atoms with E-state index in [1.165, 1.54) is 18.1 Å². The summed E-state index contributed by atoms with van der Waals surface area (Å²) in [6.07, 6.45) is 3.03. The third-order valence-corrected chi connectivity index (χ3v) is 3.29. The molecule has 0 aliphatic heterocycles. The average Bonchev–Trinajstić information content (AvgIpc) is 2.88. The van der Waals surface area contributed by atoms with Gasteiger partial charge < -0.3 is 4.98 Å². The number of aromatic nitrogens is 7. The summed E-state index contributed by atoms with van der Waals surface area (Å²) < 4.78 is 1.66. The summed E-state index contributed by atoms with van der Waals surface area (Å²) in [5.74, 6) is 0. The van der Waals surface area contributed by atoms with Crippen molar-refractivity contribution in [3.63, 3.8) is 0 Å². The van der Waals surface area contributed by atoms with Gasteiger partial charge in [0.2, 0.25) is 5.28 Å². The van der Waals surface area contributed by atoms with Gasteiger partial charge in [-0.15, -0.1) is 0 Å². The molecule has 0 spiro atoms. The molecule has 86 valence electrons. The number of H-pyrrole nitrogens is 1. The van der Waals surface area contributed by atoms with Crippen LogP contribution in [0, 0.1) is 0 Å². The third-order valence-electron chi connectivity index (χ3n) is 2.08. The number of aryl methyl sites for hydroxylation is 1. The summed E-state index contributed by atoms with van der Waals surface area (Å²) >= 11 is 7.18. The van der Waals surface area contributed by atoms with E-state index in [-0.39, 0.29) is 5.28 Å². The van der Waals surface area contributed by atoms with Gasteiger partial charge in [-0.05, 0) is 23.4 Å². The lowest BCUT2D eigenvalue weighted by Crippen LogP contribution is -1.94. The number of hydrogen-bond donors (Lipinski definition) is 1. The predicted octanol–water partition coefficient (Wildman–Crippen LogP) is 1.29. The van der Waals surface area contributed by atoms with Gasteiger partial charge in [0.1, 0.15) is 16.9 Å². The molecule has 0 fully saturated rings. The fraction of sp³-hybridized carbons (Fsp3) is 0.125. The first kappa shape index (κ1) is 10.5.